The molecule has 2 unspecified atom stereocenters. The van der Waals surface area contributed by atoms with Crippen LogP contribution in [0.4, 0.5) is 0 Å². The van der Waals surface area contributed by atoms with E-state index in [1.807, 2.05) is 12.3 Å². The van der Waals surface area contributed by atoms with Gasteiger partial charge in [0.1, 0.15) is 5.75 Å². The Morgan fingerprint density at radius 1 is 1.55 bits per heavy atom. The average molecular weight is 279 g/mol. The predicted octanol–water partition coefficient (Wildman–Crippen LogP) is 2.33. The third-order valence-corrected chi connectivity index (χ3v) is 3.61. The summed E-state index contributed by atoms with van der Waals surface area (Å²) in [5.74, 6) is 6.49. The van der Waals surface area contributed by atoms with E-state index >= 15 is 0 Å². The van der Waals surface area contributed by atoms with Crippen LogP contribution < -0.4 is 16.0 Å². The van der Waals surface area contributed by atoms with Crippen molar-refractivity contribution in [2.75, 3.05) is 13.2 Å². The van der Waals surface area contributed by atoms with Crippen molar-refractivity contribution in [2.45, 2.75) is 51.2 Å². The number of hydrazine groups is 1. The molecule has 0 spiro atoms. The van der Waals surface area contributed by atoms with Gasteiger partial charge in [-0.3, -0.25) is 16.3 Å². The highest BCUT2D eigenvalue weighted by Crippen LogP contribution is 2.25. The van der Waals surface area contributed by atoms with Crippen LogP contribution in [0.15, 0.2) is 18.5 Å². The number of hydrogen-bond acceptors (Lipinski definition) is 5. The fourth-order valence-electron chi connectivity index (χ4n) is 2.50. The molecule has 2 heterocycles. The zero-order chi connectivity index (χ0) is 14.2. The van der Waals surface area contributed by atoms with Crippen LogP contribution >= 0.6 is 0 Å². The van der Waals surface area contributed by atoms with Crippen LogP contribution in [0.1, 0.15) is 50.6 Å². The highest BCUT2D eigenvalue weighted by molar-refractivity contribution is 5.26. The van der Waals surface area contributed by atoms with E-state index in [2.05, 4.69) is 17.3 Å². The van der Waals surface area contributed by atoms with E-state index in [1.54, 1.807) is 6.20 Å². The third-order valence-electron chi connectivity index (χ3n) is 3.61. The Labute approximate surface area is 120 Å². The lowest BCUT2D eigenvalue weighted by Gasteiger charge is -2.18. The van der Waals surface area contributed by atoms with E-state index in [4.69, 9.17) is 15.3 Å². The lowest BCUT2D eigenvalue weighted by atomic mass is 10.0. The van der Waals surface area contributed by atoms with E-state index in [9.17, 15) is 0 Å². The van der Waals surface area contributed by atoms with Crippen molar-refractivity contribution in [3.8, 4) is 5.75 Å². The first-order chi connectivity index (χ1) is 9.83. The maximum Gasteiger partial charge on any atom is 0.137 e. The van der Waals surface area contributed by atoms with Crippen molar-refractivity contribution < 1.29 is 9.47 Å². The summed E-state index contributed by atoms with van der Waals surface area (Å²) >= 11 is 0. The average Bonchev–Trinajstić information content (AvgIpc) is 2.99. The topological polar surface area (TPSA) is 69.4 Å². The van der Waals surface area contributed by atoms with Gasteiger partial charge in [-0.2, -0.15) is 0 Å². The lowest BCUT2D eigenvalue weighted by molar-refractivity contribution is 0.0996. The van der Waals surface area contributed by atoms with Crippen LogP contribution in [0, 0.1) is 0 Å². The van der Waals surface area contributed by atoms with Gasteiger partial charge < -0.3 is 9.47 Å². The molecule has 0 aromatic carbocycles. The molecule has 1 aliphatic heterocycles. The van der Waals surface area contributed by atoms with Crippen LogP contribution in [-0.2, 0) is 4.74 Å². The number of hydrogen-bond donors (Lipinski definition) is 2. The molecule has 2 atom stereocenters. The van der Waals surface area contributed by atoms with Crippen LogP contribution in [-0.4, -0.2) is 24.3 Å². The lowest BCUT2D eigenvalue weighted by Crippen LogP contribution is -2.29. The van der Waals surface area contributed by atoms with Crippen molar-refractivity contribution in [3.63, 3.8) is 0 Å². The minimum absolute atomic E-state index is 0.0943. The smallest absolute Gasteiger partial charge is 0.137 e. The highest BCUT2D eigenvalue weighted by atomic mass is 16.5. The largest absolute Gasteiger partial charge is 0.492 e. The first-order valence-corrected chi connectivity index (χ1v) is 7.49. The van der Waals surface area contributed by atoms with Crippen LogP contribution in [0.5, 0.6) is 5.75 Å². The Bertz CT molecular complexity index is 394. The van der Waals surface area contributed by atoms with Gasteiger partial charge in [-0.05, 0) is 43.7 Å². The van der Waals surface area contributed by atoms with E-state index in [0.29, 0.717) is 12.7 Å². The van der Waals surface area contributed by atoms with Crippen molar-refractivity contribution in [3.05, 3.63) is 24.0 Å². The Hall–Kier alpha value is -1.17. The summed E-state index contributed by atoms with van der Waals surface area (Å²) in [5.41, 5.74) is 3.94. The van der Waals surface area contributed by atoms with Gasteiger partial charge in [0.15, 0.2) is 0 Å². The van der Waals surface area contributed by atoms with E-state index in [0.717, 1.165) is 43.6 Å². The molecule has 5 nitrogen and oxygen atoms in total. The Morgan fingerprint density at radius 3 is 3.15 bits per heavy atom. The molecule has 1 saturated heterocycles. The second kappa shape index (κ2) is 8.19. The van der Waals surface area contributed by atoms with Gasteiger partial charge in [-0.25, -0.2) is 0 Å². The molecule has 0 amide bonds. The third kappa shape index (κ3) is 4.44. The van der Waals surface area contributed by atoms with Crippen molar-refractivity contribution in [1.82, 2.24) is 10.4 Å². The van der Waals surface area contributed by atoms with Crippen LogP contribution in [0.25, 0.3) is 0 Å². The maximum absolute atomic E-state index is 5.68. The van der Waals surface area contributed by atoms with Crippen molar-refractivity contribution >= 4 is 0 Å². The molecule has 1 aromatic heterocycles. The zero-order valence-electron chi connectivity index (χ0n) is 12.2. The molecular formula is C15H25N3O2. The van der Waals surface area contributed by atoms with E-state index in [-0.39, 0.29) is 6.04 Å². The molecular weight excluding hydrogens is 254 g/mol. The number of nitrogens with one attached hydrogen (secondary N) is 1. The summed E-state index contributed by atoms with van der Waals surface area (Å²) < 4.78 is 11.3. The van der Waals surface area contributed by atoms with Gasteiger partial charge in [0.25, 0.3) is 0 Å². The summed E-state index contributed by atoms with van der Waals surface area (Å²) in [6, 6.07) is 2.11. The van der Waals surface area contributed by atoms with Crippen molar-refractivity contribution in [1.29, 1.82) is 0 Å². The molecule has 112 valence electrons. The number of rotatable bonds is 8. The molecule has 1 aromatic rings. The molecule has 0 bridgehead atoms. The monoisotopic (exact) mass is 279 g/mol. The van der Waals surface area contributed by atoms with Gasteiger partial charge in [0, 0.05) is 18.8 Å². The zero-order valence-corrected chi connectivity index (χ0v) is 12.2. The standard InChI is InChI=1S/C15H25N3O2/c1-2-7-19-14-9-12(10-17-11-14)15(18-16)6-5-13-4-3-8-20-13/h9-11,13,15,18H,2-8,16H2,1H3. The summed E-state index contributed by atoms with van der Waals surface area (Å²) in [6.45, 7) is 3.69. The van der Waals surface area contributed by atoms with Gasteiger partial charge in [-0.1, -0.05) is 6.92 Å². The Kier molecular flexibility index (Phi) is 6.24. The van der Waals surface area contributed by atoms with Crippen molar-refractivity contribution in [2.24, 2.45) is 5.84 Å². The molecule has 5 heteroatoms. The molecule has 0 aliphatic carbocycles. The SMILES string of the molecule is CCCOc1cncc(C(CCC2CCCO2)NN)c1. The number of ether oxygens (including phenoxy) is 2. The first-order valence-electron chi connectivity index (χ1n) is 7.49. The second-order valence-electron chi connectivity index (χ2n) is 5.23. The number of nitrogens with two attached hydrogens (primary N) is 1. The summed E-state index contributed by atoms with van der Waals surface area (Å²) in [6.07, 6.45) is 9.27. The van der Waals surface area contributed by atoms with Crippen LogP contribution in [0.3, 0.4) is 0 Å². The van der Waals surface area contributed by atoms with Gasteiger partial charge in [0.05, 0.1) is 18.9 Å². The summed E-state index contributed by atoms with van der Waals surface area (Å²) in [5, 5.41) is 0. The Balaban J connectivity index is 1.91. The molecule has 20 heavy (non-hydrogen) atoms. The molecule has 3 N–H and O–H groups in total. The second-order valence-corrected chi connectivity index (χ2v) is 5.23. The van der Waals surface area contributed by atoms with Crippen LogP contribution in [0.2, 0.25) is 0 Å². The minimum atomic E-state index is 0.0943. The highest BCUT2D eigenvalue weighted by Gasteiger charge is 2.18. The normalized spacial score (nSPS) is 20.0. The molecule has 0 saturated carbocycles. The number of pyridine rings is 1. The molecule has 0 radical (unpaired) electrons. The molecule has 1 fully saturated rings. The Morgan fingerprint density at radius 2 is 2.45 bits per heavy atom. The van der Waals surface area contributed by atoms with Gasteiger partial charge in [-0.15, -0.1) is 0 Å². The van der Waals surface area contributed by atoms with E-state index < -0.39 is 0 Å². The number of aromatic nitrogens is 1. The maximum atomic E-state index is 5.68. The first kappa shape index (κ1) is 15.2. The molecule has 1 aliphatic rings. The summed E-state index contributed by atoms with van der Waals surface area (Å²) in [7, 11) is 0. The van der Waals surface area contributed by atoms with E-state index in [1.165, 1.54) is 6.42 Å². The quantitative estimate of drug-likeness (QED) is 0.564. The predicted molar refractivity (Wildman–Crippen MR) is 78.3 cm³/mol. The fraction of sp³-hybridized carbons (Fsp3) is 0.667. The number of nitrogens with zero attached hydrogens (tertiary/aromatic N) is 1. The minimum Gasteiger partial charge on any atom is -0.492 e. The molecule has 2 rings (SSSR count). The van der Waals surface area contributed by atoms with Gasteiger partial charge in [0.2, 0.25) is 0 Å². The van der Waals surface area contributed by atoms with Gasteiger partial charge >= 0.3 is 0 Å². The fourth-order valence-corrected chi connectivity index (χ4v) is 2.50. The summed E-state index contributed by atoms with van der Waals surface area (Å²) in [4.78, 5) is 4.23.